The molecule has 6 nitrogen and oxygen atoms in total. The van der Waals surface area contributed by atoms with Gasteiger partial charge in [-0.3, -0.25) is 4.79 Å². The topological polar surface area (TPSA) is 63.7 Å². The number of carbonyl (C=O) groups is 1. The highest BCUT2D eigenvalue weighted by Gasteiger charge is 2.31. The number of amides is 1. The minimum atomic E-state index is 0.0643. The number of nitrogens with one attached hydrogen (secondary N) is 1. The van der Waals surface area contributed by atoms with Crippen LogP contribution < -0.4 is 4.90 Å². The minimum Gasteiger partial charge on any atom is -0.415 e. The van der Waals surface area contributed by atoms with E-state index in [1.54, 1.807) is 0 Å². The van der Waals surface area contributed by atoms with Crippen LogP contribution in [0.4, 0.5) is 0 Å². The maximum absolute atomic E-state index is 12.6. The summed E-state index contributed by atoms with van der Waals surface area (Å²) < 4.78 is 5.90. The summed E-state index contributed by atoms with van der Waals surface area (Å²) in [6.07, 6.45) is 0. The van der Waals surface area contributed by atoms with Crippen LogP contribution in [-0.4, -0.2) is 47.2 Å². The van der Waals surface area contributed by atoms with Crippen LogP contribution in [0.5, 0.6) is 0 Å². The number of benzene rings is 2. The summed E-state index contributed by atoms with van der Waals surface area (Å²) >= 11 is 6.04. The molecule has 28 heavy (non-hydrogen) atoms. The monoisotopic (exact) mass is 397 g/mol. The molecule has 4 rings (SSSR count). The maximum atomic E-state index is 12.6. The van der Waals surface area contributed by atoms with E-state index in [0.717, 1.165) is 24.2 Å². The smallest absolute Gasteiger partial charge is 0.274 e. The van der Waals surface area contributed by atoms with E-state index < -0.39 is 0 Å². The Hall–Kier alpha value is -2.70. The summed E-state index contributed by atoms with van der Waals surface area (Å²) in [6.45, 7) is 5.19. The number of halogens is 1. The molecule has 1 aliphatic heterocycles. The van der Waals surface area contributed by atoms with Gasteiger partial charge in [-0.2, -0.15) is 0 Å². The van der Waals surface area contributed by atoms with E-state index >= 15 is 0 Å². The molecule has 0 aliphatic carbocycles. The molecule has 1 amide bonds. The molecule has 1 aromatic heterocycles. The van der Waals surface area contributed by atoms with Gasteiger partial charge < -0.3 is 14.2 Å². The molecule has 144 valence electrons. The third-order valence-electron chi connectivity index (χ3n) is 5.21. The zero-order chi connectivity index (χ0) is 19.5. The van der Waals surface area contributed by atoms with Gasteiger partial charge in [0.1, 0.15) is 0 Å². The Balaban J connectivity index is 1.39. The first-order valence-electron chi connectivity index (χ1n) is 9.40. The summed E-state index contributed by atoms with van der Waals surface area (Å²) in [6, 6.07) is 16.9. The zero-order valence-corrected chi connectivity index (χ0v) is 16.4. The standard InChI is InChI=1S/C21H21ClN4O2/c1-15(19-23-24-20(28-19)17-8-5-9-18(22)14-17)25-10-12-26(13-11-25)21(27)16-6-3-2-4-7-16/h2-9,14-15H,10-13H2,1H3/p+1/t15-/m0/s1. The molecule has 3 aromatic rings. The van der Waals surface area contributed by atoms with E-state index in [1.807, 2.05) is 59.5 Å². The fourth-order valence-corrected chi connectivity index (χ4v) is 3.71. The van der Waals surface area contributed by atoms with Crippen molar-refractivity contribution < 1.29 is 14.1 Å². The summed E-state index contributed by atoms with van der Waals surface area (Å²) in [5.74, 6) is 1.17. The van der Waals surface area contributed by atoms with Crippen molar-refractivity contribution in [2.75, 3.05) is 26.2 Å². The molecule has 2 aromatic carbocycles. The van der Waals surface area contributed by atoms with Gasteiger partial charge in [-0.1, -0.05) is 35.9 Å². The lowest BCUT2D eigenvalue weighted by Gasteiger charge is -2.34. The highest BCUT2D eigenvalue weighted by molar-refractivity contribution is 6.30. The van der Waals surface area contributed by atoms with Gasteiger partial charge in [0.15, 0.2) is 6.04 Å². The maximum Gasteiger partial charge on any atom is 0.274 e. The molecular weight excluding hydrogens is 376 g/mol. The van der Waals surface area contributed by atoms with E-state index in [-0.39, 0.29) is 11.9 Å². The molecule has 7 heteroatoms. The zero-order valence-electron chi connectivity index (χ0n) is 15.6. The summed E-state index contributed by atoms with van der Waals surface area (Å²) in [4.78, 5) is 15.8. The first kappa shape index (κ1) is 18.7. The van der Waals surface area contributed by atoms with Crippen molar-refractivity contribution in [3.8, 4) is 11.5 Å². The quantitative estimate of drug-likeness (QED) is 0.734. The number of carbonyl (C=O) groups excluding carboxylic acids is 1. The van der Waals surface area contributed by atoms with Crippen LogP contribution in [-0.2, 0) is 0 Å². The van der Waals surface area contributed by atoms with Gasteiger partial charge in [0.25, 0.3) is 11.8 Å². The molecule has 2 heterocycles. The second-order valence-electron chi connectivity index (χ2n) is 6.99. The van der Waals surface area contributed by atoms with Crippen molar-refractivity contribution in [3.63, 3.8) is 0 Å². The SMILES string of the molecule is C[C@@H](c1nnc(-c2cccc(Cl)c2)o1)[NH+]1CCN(C(=O)c2ccccc2)CC1. The lowest BCUT2D eigenvalue weighted by atomic mass is 10.1. The average molecular weight is 398 g/mol. The number of nitrogens with zero attached hydrogens (tertiary/aromatic N) is 3. The van der Waals surface area contributed by atoms with E-state index in [1.165, 1.54) is 4.90 Å². The Morgan fingerprint density at radius 2 is 1.86 bits per heavy atom. The van der Waals surface area contributed by atoms with Crippen molar-refractivity contribution in [1.82, 2.24) is 15.1 Å². The number of hydrogen-bond acceptors (Lipinski definition) is 4. The van der Waals surface area contributed by atoms with Crippen LogP contribution >= 0.6 is 11.6 Å². The third-order valence-corrected chi connectivity index (χ3v) is 5.44. The van der Waals surface area contributed by atoms with Gasteiger partial charge in [0.05, 0.1) is 26.2 Å². The Labute approximate surface area is 168 Å². The number of hydrogen-bond donors (Lipinski definition) is 1. The molecule has 1 fully saturated rings. The van der Waals surface area contributed by atoms with Crippen LogP contribution in [0, 0.1) is 0 Å². The van der Waals surface area contributed by atoms with Gasteiger partial charge in [-0.05, 0) is 37.3 Å². The van der Waals surface area contributed by atoms with E-state index in [4.69, 9.17) is 16.0 Å². The molecule has 1 saturated heterocycles. The van der Waals surface area contributed by atoms with Gasteiger partial charge in [0.2, 0.25) is 5.89 Å². The number of quaternary nitrogens is 1. The molecule has 1 aliphatic rings. The predicted octanol–water partition coefficient (Wildman–Crippen LogP) is 2.49. The minimum absolute atomic E-state index is 0.0643. The van der Waals surface area contributed by atoms with E-state index in [9.17, 15) is 4.79 Å². The highest BCUT2D eigenvalue weighted by atomic mass is 35.5. The Morgan fingerprint density at radius 3 is 2.57 bits per heavy atom. The lowest BCUT2D eigenvalue weighted by Crippen LogP contribution is -3.14. The fraction of sp³-hybridized carbons (Fsp3) is 0.286. The fourth-order valence-electron chi connectivity index (χ4n) is 3.52. The summed E-state index contributed by atoms with van der Waals surface area (Å²) in [5, 5.41) is 9.05. The third kappa shape index (κ3) is 3.93. The highest BCUT2D eigenvalue weighted by Crippen LogP contribution is 2.22. The first-order valence-corrected chi connectivity index (χ1v) is 9.78. The van der Waals surface area contributed by atoms with Crippen molar-refractivity contribution in [1.29, 1.82) is 0 Å². The number of rotatable bonds is 4. The summed E-state index contributed by atoms with van der Waals surface area (Å²) in [7, 11) is 0. The van der Waals surface area contributed by atoms with Gasteiger partial charge in [0, 0.05) is 16.1 Å². The van der Waals surface area contributed by atoms with Gasteiger partial charge >= 0.3 is 0 Å². The van der Waals surface area contributed by atoms with Crippen molar-refractivity contribution in [2.24, 2.45) is 0 Å². The molecule has 0 spiro atoms. The molecule has 0 unspecified atom stereocenters. The molecule has 1 N–H and O–H groups in total. The lowest BCUT2D eigenvalue weighted by molar-refractivity contribution is -0.934. The predicted molar refractivity (Wildman–Crippen MR) is 106 cm³/mol. The normalized spacial score (nSPS) is 16.1. The molecule has 0 radical (unpaired) electrons. The largest absolute Gasteiger partial charge is 0.415 e. The second-order valence-corrected chi connectivity index (χ2v) is 7.43. The molecular formula is C21H22ClN4O2+. The molecule has 1 atom stereocenters. The Morgan fingerprint density at radius 1 is 1.11 bits per heavy atom. The van der Waals surface area contributed by atoms with Crippen LogP contribution in [0.1, 0.15) is 29.2 Å². The Bertz CT molecular complexity index is 952. The number of aromatic nitrogens is 2. The number of piperazine rings is 1. The van der Waals surface area contributed by atoms with Crippen LogP contribution in [0.25, 0.3) is 11.5 Å². The van der Waals surface area contributed by atoms with Gasteiger partial charge in [-0.15, -0.1) is 10.2 Å². The van der Waals surface area contributed by atoms with Crippen LogP contribution in [0.2, 0.25) is 5.02 Å². The van der Waals surface area contributed by atoms with Crippen molar-refractivity contribution in [3.05, 3.63) is 71.1 Å². The second kappa shape index (κ2) is 8.12. The van der Waals surface area contributed by atoms with E-state index in [2.05, 4.69) is 17.1 Å². The average Bonchev–Trinajstić information content (AvgIpc) is 3.24. The van der Waals surface area contributed by atoms with Gasteiger partial charge in [-0.25, -0.2) is 0 Å². The first-order chi connectivity index (χ1) is 13.6. The van der Waals surface area contributed by atoms with E-state index in [0.29, 0.717) is 29.9 Å². The Kier molecular flexibility index (Phi) is 5.41. The van der Waals surface area contributed by atoms with Crippen LogP contribution in [0.3, 0.4) is 0 Å². The molecule has 0 saturated carbocycles. The van der Waals surface area contributed by atoms with Crippen LogP contribution in [0.15, 0.2) is 59.0 Å². The molecule has 0 bridgehead atoms. The summed E-state index contributed by atoms with van der Waals surface area (Å²) in [5.41, 5.74) is 1.55. The van der Waals surface area contributed by atoms with Crippen molar-refractivity contribution >= 4 is 17.5 Å². The van der Waals surface area contributed by atoms with Crippen molar-refractivity contribution in [2.45, 2.75) is 13.0 Å².